The molecule has 2 fully saturated rings. The monoisotopic (exact) mass is 399 g/mol. The van der Waals surface area contributed by atoms with Gasteiger partial charge in [0, 0.05) is 49.4 Å². The average Bonchev–Trinajstić information content (AvgIpc) is 2.75. The summed E-state index contributed by atoms with van der Waals surface area (Å²) in [6.07, 6.45) is 5.03. The van der Waals surface area contributed by atoms with Crippen LogP contribution in [0.2, 0.25) is 0 Å². The standard InChI is InChI=1S/C21H29N5O3/c27-18-5-3-17(4-6-18)24-21-23-14-16-2-1-15(13-19(16)25-21)20(28)22-7-8-26-9-11-29-12-10-26/h1-2,13-14,17-18,27H,3-12H2,(H,22,28)(H,23,24,25)/t17-,18-. The number of aromatic nitrogens is 2. The van der Waals surface area contributed by atoms with Crippen LogP contribution in [-0.4, -0.2) is 77.4 Å². The number of rotatable bonds is 6. The molecule has 1 aromatic carbocycles. The van der Waals surface area contributed by atoms with Gasteiger partial charge in [0.1, 0.15) is 0 Å². The van der Waals surface area contributed by atoms with Crippen LogP contribution in [0.1, 0.15) is 36.0 Å². The number of ether oxygens (including phenoxy) is 1. The van der Waals surface area contributed by atoms with Crippen LogP contribution >= 0.6 is 0 Å². The third kappa shape index (κ3) is 5.41. The number of aliphatic hydroxyl groups is 1. The van der Waals surface area contributed by atoms with Crippen molar-refractivity contribution < 1.29 is 14.6 Å². The van der Waals surface area contributed by atoms with Crippen molar-refractivity contribution >= 4 is 22.8 Å². The van der Waals surface area contributed by atoms with E-state index < -0.39 is 0 Å². The summed E-state index contributed by atoms with van der Waals surface area (Å²) in [7, 11) is 0. The van der Waals surface area contributed by atoms with Crippen LogP contribution in [0.25, 0.3) is 10.9 Å². The second-order valence-corrected chi connectivity index (χ2v) is 7.83. The number of carbonyl (C=O) groups excluding carboxylic acids is 1. The van der Waals surface area contributed by atoms with E-state index in [0.29, 0.717) is 18.1 Å². The van der Waals surface area contributed by atoms with Crippen molar-refractivity contribution in [2.24, 2.45) is 0 Å². The van der Waals surface area contributed by atoms with Crippen molar-refractivity contribution in [3.63, 3.8) is 0 Å². The van der Waals surface area contributed by atoms with Gasteiger partial charge in [-0.2, -0.15) is 0 Å². The zero-order chi connectivity index (χ0) is 20.1. The lowest BCUT2D eigenvalue weighted by atomic mass is 9.93. The molecule has 156 valence electrons. The van der Waals surface area contributed by atoms with Gasteiger partial charge in [-0.05, 0) is 37.8 Å². The Kier molecular flexibility index (Phi) is 6.53. The molecule has 2 aliphatic rings. The third-order valence-electron chi connectivity index (χ3n) is 5.69. The molecular formula is C21H29N5O3. The minimum atomic E-state index is -0.185. The number of amides is 1. The van der Waals surface area contributed by atoms with Crippen molar-refractivity contribution in [2.75, 3.05) is 44.7 Å². The summed E-state index contributed by atoms with van der Waals surface area (Å²) in [5.74, 6) is 0.485. The van der Waals surface area contributed by atoms with Crippen LogP contribution in [0.15, 0.2) is 24.4 Å². The summed E-state index contributed by atoms with van der Waals surface area (Å²) in [6.45, 7) is 4.79. The highest BCUT2D eigenvalue weighted by molar-refractivity contribution is 5.97. The Morgan fingerprint density at radius 2 is 2.00 bits per heavy atom. The molecule has 2 heterocycles. The van der Waals surface area contributed by atoms with Crippen molar-refractivity contribution in [3.8, 4) is 0 Å². The number of hydrogen-bond donors (Lipinski definition) is 3. The number of hydrogen-bond acceptors (Lipinski definition) is 7. The number of fused-ring (bicyclic) bond motifs is 1. The maximum atomic E-state index is 12.5. The molecule has 1 aromatic heterocycles. The summed E-state index contributed by atoms with van der Waals surface area (Å²) >= 11 is 0. The molecule has 0 atom stereocenters. The Hall–Kier alpha value is -2.29. The minimum absolute atomic E-state index is 0.0884. The molecule has 1 aliphatic carbocycles. The molecule has 4 rings (SSSR count). The number of morpholine rings is 1. The van der Waals surface area contributed by atoms with Gasteiger partial charge >= 0.3 is 0 Å². The first-order valence-electron chi connectivity index (χ1n) is 10.5. The van der Waals surface area contributed by atoms with Crippen LogP contribution in [0.5, 0.6) is 0 Å². The normalized spacial score (nSPS) is 23.1. The Morgan fingerprint density at radius 3 is 2.79 bits per heavy atom. The summed E-state index contributed by atoms with van der Waals surface area (Å²) < 4.78 is 5.34. The number of anilines is 1. The molecule has 2 aromatic rings. The van der Waals surface area contributed by atoms with Gasteiger partial charge in [0.15, 0.2) is 0 Å². The zero-order valence-corrected chi connectivity index (χ0v) is 16.6. The van der Waals surface area contributed by atoms with Gasteiger partial charge in [-0.25, -0.2) is 9.97 Å². The van der Waals surface area contributed by atoms with E-state index in [0.717, 1.165) is 69.4 Å². The predicted octanol–water partition coefficient (Wildman–Crippen LogP) is 1.41. The van der Waals surface area contributed by atoms with E-state index in [-0.39, 0.29) is 18.1 Å². The molecule has 8 nitrogen and oxygen atoms in total. The Morgan fingerprint density at radius 1 is 1.21 bits per heavy atom. The summed E-state index contributed by atoms with van der Waals surface area (Å²) in [4.78, 5) is 23.8. The number of nitrogens with one attached hydrogen (secondary N) is 2. The average molecular weight is 399 g/mol. The van der Waals surface area contributed by atoms with Gasteiger partial charge in [-0.15, -0.1) is 0 Å². The second-order valence-electron chi connectivity index (χ2n) is 7.83. The first-order chi connectivity index (χ1) is 14.2. The van der Waals surface area contributed by atoms with Gasteiger partial charge < -0.3 is 20.5 Å². The topological polar surface area (TPSA) is 99.6 Å². The summed E-state index contributed by atoms with van der Waals surface area (Å²) in [5, 5.41) is 16.9. The van der Waals surface area contributed by atoms with Crippen LogP contribution < -0.4 is 10.6 Å². The fourth-order valence-corrected chi connectivity index (χ4v) is 3.89. The van der Waals surface area contributed by atoms with Gasteiger partial charge in [0.25, 0.3) is 5.91 Å². The quantitative estimate of drug-likeness (QED) is 0.675. The number of carbonyl (C=O) groups is 1. The Labute approximate surface area is 170 Å². The highest BCUT2D eigenvalue weighted by Gasteiger charge is 2.20. The van der Waals surface area contributed by atoms with Crippen LogP contribution in [-0.2, 0) is 4.74 Å². The van der Waals surface area contributed by atoms with Crippen LogP contribution in [0, 0.1) is 0 Å². The highest BCUT2D eigenvalue weighted by atomic mass is 16.5. The third-order valence-corrected chi connectivity index (χ3v) is 5.69. The van der Waals surface area contributed by atoms with E-state index in [2.05, 4.69) is 25.5 Å². The molecule has 1 saturated heterocycles. The van der Waals surface area contributed by atoms with E-state index >= 15 is 0 Å². The Balaban J connectivity index is 1.36. The van der Waals surface area contributed by atoms with Gasteiger partial charge in [-0.1, -0.05) is 6.07 Å². The molecule has 0 spiro atoms. The van der Waals surface area contributed by atoms with E-state index in [1.54, 1.807) is 6.20 Å². The van der Waals surface area contributed by atoms with Crippen molar-refractivity contribution in [3.05, 3.63) is 30.0 Å². The van der Waals surface area contributed by atoms with Gasteiger partial charge in [0.05, 0.1) is 24.8 Å². The van der Waals surface area contributed by atoms with Crippen molar-refractivity contribution in [1.29, 1.82) is 0 Å². The molecule has 29 heavy (non-hydrogen) atoms. The highest BCUT2D eigenvalue weighted by Crippen LogP contribution is 2.22. The molecule has 0 bridgehead atoms. The van der Waals surface area contributed by atoms with Crippen molar-refractivity contribution in [1.82, 2.24) is 20.2 Å². The number of benzene rings is 1. The first-order valence-corrected chi connectivity index (χ1v) is 10.5. The molecule has 1 aliphatic heterocycles. The molecule has 8 heteroatoms. The van der Waals surface area contributed by atoms with E-state index in [1.807, 2.05) is 18.2 Å². The smallest absolute Gasteiger partial charge is 0.251 e. The minimum Gasteiger partial charge on any atom is -0.393 e. The first kappa shape index (κ1) is 20.0. The Bertz CT molecular complexity index is 832. The SMILES string of the molecule is O=C(NCCN1CCOCC1)c1ccc2cnc(N[C@H]3CC[C@H](O)CC3)nc2c1. The van der Waals surface area contributed by atoms with E-state index in [9.17, 15) is 9.90 Å². The van der Waals surface area contributed by atoms with Crippen LogP contribution in [0.4, 0.5) is 5.95 Å². The summed E-state index contributed by atoms with van der Waals surface area (Å²) in [6, 6.07) is 5.79. The van der Waals surface area contributed by atoms with E-state index in [1.165, 1.54) is 0 Å². The van der Waals surface area contributed by atoms with E-state index in [4.69, 9.17) is 4.74 Å². The lowest BCUT2D eigenvalue weighted by Gasteiger charge is -2.26. The largest absolute Gasteiger partial charge is 0.393 e. The predicted molar refractivity (Wildman–Crippen MR) is 111 cm³/mol. The van der Waals surface area contributed by atoms with Crippen LogP contribution in [0.3, 0.4) is 0 Å². The van der Waals surface area contributed by atoms with Gasteiger partial charge in [0.2, 0.25) is 5.95 Å². The van der Waals surface area contributed by atoms with Crippen molar-refractivity contribution in [2.45, 2.75) is 37.8 Å². The molecule has 1 amide bonds. The fourth-order valence-electron chi connectivity index (χ4n) is 3.89. The maximum absolute atomic E-state index is 12.5. The fraction of sp³-hybridized carbons (Fsp3) is 0.571. The lowest BCUT2D eigenvalue weighted by Crippen LogP contribution is -2.41. The second kappa shape index (κ2) is 9.47. The molecule has 3 N–H and O–H groups in total. The maximum Gasteiger partial charge on any atom is 0.251 e. The summed E-state index contributed by atoms with van der Waals surface area (Å²) in [5.41, 5.74) is 1.35. The lowest BCUT2D eigenvalue weighted by molar-refractivity contribution is 0.0383. The molecular weight excluding hydrogens is 370 g/mol. The molecule has 0 radical (unpaired) electrons. The number of aliphatic hydroxyl groups excluding tert-OH is 1. The molecule has 1 saturated carbocycles. The zero-order valence-electron chi connectivity index (χ0n) is 16.6. The molecule has 0 unspecified atom stereocenters. The number of nitrogens with zero attached hydrogens (tertiary/aromatic N) is 3. The van der Waals surface area contributed by atoms with Gasteiger partial charge in [-0.3, -0.25) is 9.69 Å².